The zero-order chi connectivity index (χ0) is 25.3. The van der Waals surface area contributed by atoms with Gasteiger partial charge < -0.3 is 9.84 Å². The highest BCUT2D eigenvalue weighted by Crippen LogP contribution is 2.42. The number of halogens is 1. The van der Waals surface area contributed by atoms with Crippen molar-refractivity contribution in [2.75, 3.05) is 11.5 Å². The molecule has 180 valence electrons. The number of carbonyl (C=O) groups is 2. The summed E-state index contributed by atoms with van der Waals surface area (Å²) in [7, 11) is 0. The Labute approximate surface area is 203 Å². The third kappa shape index (κ3) is 4.54. The molecule has 0 radical (unpaired) electrons. The third-order valence-corrected chi connectivity index (χ3v) is 5.88. The van der Waals surface area contributed by atoms with Gasteiger partial charge in [-0.3, -0.25) is 19.5 Å². The molecule has 35 heavy (non-hydrogen) atoms. The number of Topliss-reactive ketones (excluding diaryl/α,β-unsaturated/α-hetero) is 1. The normalized spacial score (nSPS) is 17.6. The van der Waals surface area contributed by atoms with Crippen molar-refractivity contribution in [3.05, 3.63) is 95.1 Å². The molecule has 1 atom stereocenters. The number of hydrogen-bond acceptors (Lipinski definition) is 5. The minimum absolute atomic E-state index is 0.0814. The van der Waals surface area contributed by atoms with Crippen LogP contribution in [0, 0.1) is 5.82 Å². The van der Waals surface area contributed by atoms with Gasteiger partial charge in [0.15, 0.2) is 0 Å². The number of aliphatic hydroxyl groups excluding tert-OH is 1. The summed E-state index contributed by atoms with van der Waals surface area (Å²) in [5.41, 5.74) is 1.58. The van der Waals surface area contributed by atoms with E-state index in [-0.39, 0.29) is 16.7 Å². The van der Waals surface area contributed by atoms with Crippen LogP contribution in [0.25, 0.3) is 5.76 Å². The van der Waals surface area contributed by atoms with Gasteiger partial charge in [0.1, 0.15) is 23.4 Å². The maximum atomic E-state index is 13.6. The van der Waals surface area contributed by atoms with Crippen LogP contribution in [0.5, 0.6) is 5.75 Å². The van der Waals surface area contributed by atoms with Crippen LogP contribution in [0.3, 0.4) is 0 Å². The van der Waals surface area contributed by atoms with Crippen molar-refractivity contribution in [1.29, 1.82) is 0 Å². The maximum Gasteiger partial charge on any atom is 0.300 e. The summed E-state index contributed by atoms with van der Waals surface area (Å²) in [5, 5.41) is 11.4. The van der Waals surface area contributed by atoms with Gasteiger partial charge >= 0.3 is 0 Å². The largest absolute Gasteiger partial charge is 0.507 e. The Morgan fingerprint density at radius 3 is 2.40 bits per heavy atom. The number of carbonyl (C=O) groups excluding carboxylic acids is 2. The quantitative estimate of drug-likeness (QED) is 0.298. The van der Waals surface area contributed by atoms with Gasteiger partial charge in [0, 0.05) is 23.0 Å². The summed E-state index contributed by atoms with van der Waals surface area (Å²) in [5.74, 6) is -1.75. The summed E-state index contributed by atoms with van der Waals surface area (Å²) in [6.45, 7) is 8.45. The lowest BCUT2D eigenvalue weighted by molar-refractivity contribution is -0.132. The number of ether oxygens (including phenoxy) is 1. The van der Waals surface area contributed by atoms with Gasteiger partial charge in [0.05, 0.1) is 17.9 Å². The van der Waals surface area contributed by atoms with Gasteiger partial charge in [-0.25, -0.2) is 4.39 Å². The van der Waals surface area contributed by atoms with Gasteiger partial charge in [-0.15, -0.1) is 0 Å². The molecule has 1 saturated heterocycles. The molecule has 0 bridgehead atoms. The first-order valence-electron chi connectivity index (χ1n) is 11.4. The molecule has 1 fully saturated rings. The summed E-state index contributed by atoms with van der Waals surface area (Å²) in [4.78, 5) is 32.0. The molecule has 0 aliphatic carbocycles. The second-order valence-corrected chi connectivity index (χ2v) is 9.29. The summed E-state index contributed by atoms with van der Waals surface area (Å²) >= 11 is 0. The molecule has 0 saturated carbocycles. The highest BCUT2D eigenvalue weighted by Gasteiger charge is 2.47. The molecule has 1 aromatic heterocycles. The number of ketones is 1. The molecule has 2 heterocycles. The number of anilines is 1. The van der Waals surface area contributed by atoms with Crippen molar-refractivity contribution in [3.63, 3.8) is 0 Å². The molecular weight excluding hydrogens is 447 g/mol. The SMILES string of the molecule is CCOc1ccc(/C(O)=C2/C(=O)C(=O)N(c3ccc(F)cc3)C2c2ccccn2)cc1C(C)(C)C. The second-order valence-electron chi connectivity index (χ2n) is 9.29. The van der Waals surface area contributed by atoms with Gasteiger partial charge in [0.2, 0.25) is 0 Å². The van der Waals surface area contributed by atoms with Crippen molar-refractivity contribution in [1.82, 2.24) is 4.98 Å². The Bertz CT molecular complexity index is 1290. The lowest BCUT2D eigenvalue weighted by atomic mass is 9.84. The number of aliphatic hydroxyl groups is 1. The van der Waals surface area contributed by atoms with Crippen LogP contribution in [0.2, 0.25) is 0 Å². The number of aromatic nitrogens is 1. The van der Waals surface area contributed by atoms with Crippen LogP contribution in [0.1, 0.15) is 50.6 Å². The highest BCUT2D eigenvalue weighted by atomic mass is 19.1. The molecule has 1 N–H and O–H groups in total. The molecule has 0 spiro atoms. The molecule has 3 aromatic rings. The van der Waals surface area contributed by atoms with Crippen molar-refractivity contribution in [3.8, 4) is 5.75 Å². The molecule has 2 aromatic carbocycles. The number of pyridine rings is 1. The Morgan fingerprint density at radius 2 is 1.80 bits per heavy atom. The first-order chi connectivity index (χ1) is 16.6. The summed E-state index contributed by atoms with van der Waals surface area (Å²) in [6, 6.07) is 14.6. The molecule has 4 rings (SSSR count). The standard InChI is InChI=1S/C28H27FN2O4/c1-5-35-22-14-9-17(16-20(22)28(2,3)4)25(32)23-24(21-8-6-7-15-30-21)31(27(34)26(23)33)19-12-10-18(29)11-13-19/h6-16,24,32H,5H2,1-4H3/b25-23-. The van der Waals surface area contributed by atoms with Crippen LogP contribution in [-0.2, 0) is 15.0 Å². The molecule has 7 heteroatoms. The summed E-state index contributed by atoms with van der Waals surface area (Å²) in [6.07, 6.45) is 1.55. The number of benzene rings is 2. The zero-order valence-electron chi connectivity index (χ0n) is 20.1. The lowest BCUT2D eigenvalue weighted by Crippen LogP contribution is -2.29. The number of amides is 1. The van der Waals surface area contributed by atoms with E-state index in [9.17, 15) is 19.1 Å². The summed E-state index contributed by atoms with van der Waals surface area (Å²) < 4.78 is 19.3. The van der Waals surface area contributed by atoms with E-state index in [4.69, 9.17) is 4.74 Å². The van der Waals surface area contributed by atoms with Gasteiger partial charge in [-0.05, 0) is 66.9 Å². The smallest absolute Gasteiger partial charge is 0.300 e. The van der Waals surface area contributed by atoms with E-state index < -0.39 is 23.5 Å². The zero-order valence-corrected chi connectivity index (χ0v) is 20.1. The fourth-order valence-corrected chi connectivity index (χ4v) is 4.22. The Morgan fingerprint density at radius 1 is 1.09 bits per heavy atom. The van der Waals surface area contributed by atoms with Crippen molar-refractivity contribution >= 4 is 23.1 Å². The van der Waals surface area contributed by atoms with Crippen molar-refractivity contribution in [2.45, 2.75) is 39.2 Å². The minimum atomic E-state index is -0.980. The predicted molar refractivity (Wildman–Crippen MR) is 132 cm³/mol. The highest BCUT2D eigenvalue weighted by molar-refractivity contribution is 6.51. The van der Waals surface area contributed by atoms with Crippen LogP contribution >= 0.6 is 0 Å². The molecular formula is C28H27FN2O4. The molecule has 1 aliphatic heterocycles. The minimum Gasteiger partial charge on any atom is -0.507 e. The topological polar surface area (TPSA) is 79.7 Å². The van der Waals surface area contributed by atoms with E-state index in [0.717, 1.165) is 5.56 Å². The average molecular weight is 475 g/mol. The second kappa shape index (κ2) is 9.33. The van der Waals surface area contributed by atoms with Crippen molar-refractivity contribution < 1.29 is 23.8 Å². The monoisotopic (exact) mass is 474 g/mol. The first kappa shape index (κ1) is 24.1. The number of rotatable bonds is 5. The predicted octanol–water partition coefficient (Wildman–Crippen LogP) is 5.54. The van der Waals surface area contributed by atoms with Gasteiger partial charge in [0.25, 0.3) is 11.7 Å². The van der Waals surface area contributed by atoms with Gasteiger partial charge in [-0.1, -0.05) is 26.8 Å². The van der Waals surface area contributed by atoms with Crippen molar-refractivity contribution in [2.24, 2.45) is 0 Å². The van der Waals surface area contributed by atoms with Crippen LogP contribution < -0.4 is 9.64 Å². The molecule has 1 amide bonds. The third-order valence-electron chi connectivity index (χ3n) is 5.88. The van der Waals surface area contributed by atoms with E-state index in [1.54, 1.807) is 42.6 Å². The van der Waals surface area contributed by atoms with Gasteiger partial charge in [-0.2, -0.15) is 0 Å². The van der Waals surface area contributed by atoms with E-state index in [2.05, 4.69) is 4.98 Å². The molecule has 1 unspecified atom stereocenters. The maximum absolute atomic E-state index is 13.6. The molecule has 1 aliphatic rings. The average Bonchev–Trinajstić information content (AvgIpc) is 3.10. The molecule has 6 nitrogen and oxygen atoms in total. The fraction of sp³-hybridized carbons (Fsp3) is 0.250. The van der Waals surface area contributed by atoms with E-state index in [1.165, 1.54) is 29.2 Å². The van der Waals surface area contributed by atoms with E-state index in [1.807, 2.05) is 27.7 Å². The first-order valence-corrected chi connectivity index (χ1v) is 11.4. The van der Waals surface area contributed by atoms with Crippen LogP contribution in [0.4, 0.5) is 10.1 Å². The number of nitrogens with zero attached hydrogens (tertiary/aromatic N) is 2. The Kier molecular flexibility index (Phi) is 6.43. The van der Waals surface area contributed by atoms with E-state index in [0.29, 0.717) is 29.3 Å². The fourth-order valence-electron chi connectivity index (χ4n) is 4.22. The lowest BCUT2D eigenvalue weighted by Gasteiger charge is -2.25. The number of hydrogen-bond donors (Lipinski definition) is 1. The van der Waals surface area contributed by atoms with Crippen LogP contribution in [0.15, 0.2) is 72.4 Å². The Hall–Kier alpha value is -4.00. The Balaban J connectivity index is 1.93. The van der Waals surface area contributed by atoms with E-state index >= 15 is 0 Å². The van der Waals surface area contributed by atoms with Crippen LogP contribution in [-0.4, -0.2) is 28.4 Å².